The first-order valence-corrected chi connectivity index (χ1v) is 7.09. The maximum atomic E-state index is 11.0. The highest BCUT2D eigenvalue weighted by atomic mass is 35.5. The summed E-state index contributed by atoms with van der Waals surface area (Å²) < 4.78 is 5.52. The van der Waals surface area contributed by atoms with Gasteiger partial charge in [-0.05, 0) is 36.4 Å². The number of furan rings is 1. The number of hydrogen-bond donors (Lipinski definition) is 1. The molecular formula is C14H10ClN3O2S. The van der Waals surface area contributed by atoms with Gasteiger partial charge in [0.2, 0.25) is 0 Å². The molecule has 0 saturated carbocycles. The normalized spacial score (nSPS) is 10.5. The van der Waals surface area contributed by atoms with Gasteiger partial charge in [0.05, 0.1) is 12.3 Å². The average molecular weight is 320 g/mol. The van der Waals surface area contributed by atoms with Gasteiger partial charge in [-0.25, -0.2) is 5.43 Å². The molecule has 1 amide bonds. The van der Waals surface area contributed by atoms with E-state index in [-0.39, 0.29) is 6.42 Å². The van der Waals surface area contributed by atoms with Crippen LogP contribution in [0.5, 0.6) is 0 Å². The first-order valence-electron chi connectivity index (χ1n) is 5.89. The van der Waals surface area contributed by atoms with Crippen molar-refractivity contribution in [2.24, 2.45) is 5.10 Å². The predicted molar refractivity (Wildman–Crippen MR) is 80.2 cm³/mol. The largest absolute Gasteiger partial charge is 0.448 e. The van der Waals surface area contributed by atoms with Gasteiger partial charge in [0, 0.05) is 9.92 Å². The van der Waals surface area contributed by atoms with Crippen molar-refractivity contribution in [2.75, 3.05) is 0 Å². The number of nitriles is 1. The van der Waals surface area contributed by atoms with Crippen LogP contribution in [0.1, 0.15) is 12.2 Å². The molecule has 0 aliphatic heterocycles. The molecule has 0 fully saturated rings. The molecule has 1 heterocycles. The van der Waals surface area contributed by atoms with Crippen molar-refractivity contribution in [1.29, 1.82) is 5.26 Å². The van der Waals surface area contributed by atoms with Crippen LogP contribution >= 0.6 is 23.4 Å². The zero-order valence-electron chi connectivity index (χ0n) is 10.7. The van der Waals surface area contributed by atoms with Crippen LogP contribution in [0.3, 0.4) is 0 Å². The van der Waals surface area contributed by atoms with Crippen molar-refractivity contribution >= 4 is 35.5 Å². The first kappa shape index (κ1) is 15.2. The third-order valence-electron chi connectivity index (χ3n) is 2.25. The Hall–Kier alpha value is -2.23. The number of amides is 1. The van der Waals surface area contributed by atoms with Crippen LogP contribution < -0.4 is 5.43 Å². The van der Waals surface area contributed by atoms with Crippen LogP contribution in [-0.2, 0) is 4.79 Å². The zero-order valence-corrected chi connectivity index (χ0v) is 12.3. The second kappa shape index (κ2) is 7.53. The number of hydrazone groups is 1. The zero-order chi connectivity index (χ0) is 15.1. The number of nitrogens with one attached hydrogen (secondary N) is 1. The molecule has 0 atom stereocenters. The summed E-state index contributed by atoms with van der Waals surface area (Å²) in [6, 6.07) is 12.7. The smallest absolute Gasteiger partial charge is 0.254 e. The second-order valence-corrected chi connectivity index (χ2v) is 5.36. The van der Waals surface area contributed by atoms with Gasteiger partial charge in [0.25, 0.3) is 5.91 Å². The maximum absolute atomic E-state index is 11.0. The van der Waals surface area contributed by atoms with Gasteiger partial charge >= 0.3 is 0 Å². The van der Waals surface area contributed by atoms with Crippen LogP contribution in [0.2, 0.25) is 5.02 Å². The molecule has 1 N–H and O–H groups in total. The Balaban J connectivity index is 1.92. The van der Waals surface area contributed by atoms with E-state index in [9.17, 15) is 4.79 Å². The van der Waals surface area contributed by atoms with E-state index in [1.54, 1.807) is 30.3 Å². The number of carbonyl (C=O) groups excluding carboxylic acids is 1. The standard InChI is InChI=1S/C14H10ClN3O2S/c15-10-1-4-12(5-2-10)21-14-6-3-11(20-14)9-17-18-13(19)7-8-16/h1-6,9H,7H2,(H,18,19)/b17-9-. The highest BCUT2D eigenvalue weighted by Gasteiger charge is 2.03. The maximum Gasteiger partial charge on any atom is 0.254 e. The summed E-state index contributed by atoms with van der Waals surface area (Å²) in [7, 11) is 0. The van der Waals surface area contributed by atoms with Crippen LogP contribution in [0, 0.1) is 11.3 Å². The van der Waals surface area contributed by atoms with E-state index in [0.717, 1.165) is 4.90 Å². The monoisotopic (exact) mass is 319 g/mol. The van der Waals surface area contributed by atoms with Crippen LogP contribution in [0.25, 0.3) is 0 Å². The molecule has 106 valence electrons. The Morgan fingerprint density at radius 3 is 2.86 bits per heavy atom. The van der Waals surface area contributed by atoms with E-state index in [4.69, 9.17) is 21.3 Å². The van der Waals surface area contributed by atoms with Crippen molar-refractivity contribution in [3.63, 3.8) is 0 Å². The molecule has 1 aromatic heterocycles. The van der Waals surface area contributed by atoms with Crippen LogP contribution in [0.15, 0.2) is 55.9 Å². The number of carbonyl (C=O) groups is 1. The lowest BCUT2D eigenvalue weighted by Gasteiger charge is -1.97. The van der Waals surface area contributed by atoms with Crippen LogP contribution in [-0.4, -0.2) is 12.1 Å². The summed E-state index contributed by atoms with van der Waals surface area (Å²) in [5.41, 5.74) is 2.22. The molecule has 21 heavy (non-hydrogen) atoms. The number of halogens is 1. The van der Waals surface area contributed by atoms with E-state index < -0.39 is 5.91 Å². The molecule has 0 aliphatic rings. The van der Waals surface area contributed by atoms with E-state index in [2.05, 4.69) is 10.5 Å². The summed E-state index contributed by atoms with van der Waals surface area (Å²) >= 11 is 7.27. The van der Waals surface area contributed by atoms with E-state index in [1.165, 1.54) is 18.0 Å². The van der Waals surface area contributed by atoms with E-state index in [0.29, 0.717) is 15.9 Å². The third-order valence-corrected chi connectivity index (χ3v) is 3.44. The van der Waals surface area contributed by atoms with Crippen LogP contribution in [0.4, 0.5) is 0 Å². The molecular weight excluding hydrogens is 310 g/mol. The van der Waals surface area contributed by atoms with Crippen molar-refractivity contribution < 1.29 is 9.21 Å². The van der Waals surface area contributed by atoms with E-state index >= 15 is 0 Å². The molecule has 5 nitrogen and oxygen atoms in total. The van der Waals surface area contributed by atoms with Gasteiger partial charge in [-0.2, -0.15) is 10.4 Å². The van der Waals surface area contributed by atoms with Gasteiger partial charge in [0.1, 0.15) is 12.2 Å². The third kappa shape index (κ3) is 4.99. The Labute approximate surface area is 130 Å². The fraction of sp³-hybridized carbons (Fsp3) is 0.0714. The summed E-state index contributed by atoms with van der Waals surface area (Å²) in [6.45, 7) is 0. The molecule has 1 aromatic carbocycles. The molecule has 0 radical (unpaired) electrons. The molecule has 0 aliphatic carbocycles. The molecule has 0 bridgehead atoms. The lowest BCUT2D eigenvalue weighted by atomic mass is 10.4. The molecule has 0 unspecified atom stereocenters. The predicted octanol–water partition coefficient (Wildman–Crippen LogP) is 3.45. The van der Waals surface area contributed by atoms with Gasteiger partial charge in [0.15, 0.2) is 5.09 Å². The van der Waals surface area contributed by atoms with Crippen molar-refractivity contribution in [3.8, 4) is 6.07 Å². The fourth-order valence-electron chi connectivity index (χ4n) is 1.36. The number of nitrogens with zero attached hydrogens (tertiary/aromatic N) is 2. The lowest BCUT2D eigenvalue weighted by molar-refractivity contribution is -0.120. The van der Waals surface area contributed by atoms with E-state index in [1.807, 2.05) is 12.1 Å². The van der Waals surface area contributed by atoms with Gasteiger partial charge in [-0.3, -0.25) is 4.79 Å². The number of hydrogen-bond acceptors (Lipinski definition) is 5. The summed E-state index contributed by atoms with van der Waals surface area (Å²) in [5, 5.41) is 13.4. The fourth-order valence-corrected chi connectivity index (χ4v) is 2.26. The van der Waals surface area contributed by atoms with Crippen molar-refractivity contribution in [1.82, 2.24) is 5.43 Å². The highest BCUT2D eigenvalue weighted by molar-refractivity contribution is 7.99. The van der Waals surface area contributed by atoms with Gasteiger partial charge < -0.3 is 4.42 Å². The molecule has 7 heteroatoms. The summed E-state index contributed by atoms with van der Waals surface area (Å²) in [5.74, 6) is 0.0415. The highest BCUT2D eigenvalue weighted by Crippen LogP contribution is 2.29. The Bertz CT molecular complexity index is 689. The van der Waals surface area contributed by atoms with Crippen molar-refractivity contribution in [3.05, 3.63) is 47.2 Å². The minimum atomic E-state index is -0.462. The van der Waals surface area contributed by atoms with Gasteiger partial charge in [-0.15, -0.1) is 0 Å². The Kier molecular flexibility index (Phi) is 5.43. The Morgan fingerprint density at radius 2 is 2.14 bits per heavy atom. The first-order chi connectivity index (χ1) is 10.2. The minimum Gasteiger partial charge on any atom is -0.448 e. The Morgan fingerprint density at radius 1 is 1.38 bits per heavy atom. The quantitative estimate of drug-likeness (QED) is 0.676. The van der Waals surface area contributed by atoms with Crippen molar-refractivity contribution in [2.45, 2.75) is 16.4 Å². The molecule has 0 spiro atoms. The minimum absolute atomic E-state index is 0.229. The summed E-state index contributed by atoms with van der Waals surface area (Å²) in [4.78, 5) is 12.0. The molecule has 2 rings (SSSR count). The molecule has 2 aromatic rings. The number of benzene rings is 1. The number of rotatable bonds is 5. The average Bonchev–Trinajstić information content (AvgIpc) is 2.89. The summed E-state index contributed by atoms with van der Waals surface area (Å²) in [6.07, 6.45) is 1.15. The van der Waals surface area contributed by atoms with Gasteiger partial charge in [-0.1, -0.05) is 23.4 Å². The second-order valence-electron chi connectivity index (χ2n) is 3.84. The molecule has 0 saturated heterocycles. The topological polar surface area (TPSA) is 78.4 Å². The SMILES string of the molecule is N#CCC(=O)N/N=C\c1ccc(Sc2ccc(Cl)cc2)o1. The lowest BCUT2D eigenvalue weighted by Crippen LogP contribution is -2.15.